The average molecular weight is 214 g/mol. The lowest BCUT2D eigenvalue weighted by molar-refractivity contribution is -0.146. The predicted molar refractivity (Wildman–Crippen MR) is 58.7 cm³/mol. The van der Waals surface area contributed by atoms with Gasteiger partial charge >= 0.3 is 5.97 Å². The summed E-state index contributed by atoms with van der Waals surface area (Å²) in [5.41, 5.74) is 0. The van der Waals surface area contributed by atoms with Crippen LogP contribution in [0.2, 0.25) is 0 Å². The van der Waals surface area contributed by atoms with Crippen LogP contribution in [0, 0.1) is 17.8 Å². The normalized spacial score (nSPS) is 28.7. The van der Waals surface area contributed by atoms with Gasteiger partial charge in [-0.3, -0.25) is 4.79 Å². The van der Waals surface area contributed by atoms with Crippen LogP contribution in [-0.4, -0.2) is 24.8 Å². The molecule has 0 amide bonds. The maximum absolute atomic E-state index is 11.1. The number of methoxy groups -OCH3 is 1. The molecule has 3 unspecified atom stereocenters. The van der Waals surface area contributed by atoms with E-state index in [0.717, 1.165) is 32.3 Å². The van der Waals surface area contributed by atoms with E-state index in [2.05, 4.69) is 6.92 Å². The van der Waals surface area contributed by atoms with Crippen LogP contribution in [0.4, 0.5) is 0 Å². The molecule has 0 radical (unpaired) electrons. The highest BCUT2D eigenvalue weighted by atomic mass is 16.5. The van der Waals surface area contributed by atoms with Gasteiger partial charge in [0.15, 0.2) is 0 Å². The highest BCUT2D eigenvalue weighted by Gasteiger charge is 2.33. The smallest absolute Gasteiger partial charge is 0.306 e. The third kappa shape index (κ3) is 3.49. The van der Waals surface area contributed by atoms with Crippen molar-refractivity contribution in [2.75, 3.05) is 13.7 Å². The van der Waals surface area contributed by atoms with Gasteiger partial charge in [-0.05, 0) is 31.1 Å². The maximum atomic E-state index is 11.1. The lowest BCUT2D eigenvalue weighted by Crippen LogP contribution is -2.31. The minimum atomic E-state index is -0.607. The number of ether oxygens (including phenoxy) is 1. The molecule has 0 bridgehead atoms. The van der Waals surface area contributed by atoms with Gasteiger partial charge in [0.2, 0.25) is 0 Å². The first kappa shape index (κ1) is 12.5. The second kappa shape index (κ2) is 6.11. The van der Waals surface area contributed by atoms with E-state index in [0.29, 0.717) is 11.8 Å². The second-order valence-corrected chi connectivity index (χ2v) is 4.65. The molecule has 0 aromatic carbocycles. The molecule has 3 nitrogen and oxygen atoms in total. The Bertz CT molecular complexity index is 203. The van der Waals surface area contributed by atoms with Crippen LogP contribution >= 0.6 is 0 Å². The summed E-state index contributed by atoms with van der Waals surface area (Å²) in [6.07, 6.45) is 5.17. The third-order valence-corrected chi connectivity index (χ3v) is 3.64. The van der Waals surface area contributed by atoms with E-state index in [1.807, 2.05) is 0 Å². The molecule has 15 heavy (non-hydrogen) atoms. The standard InChI is InChI=1S/C12H22O3/c1-9(7-8-15-2)10-5-3-4-6-11(10)12(13)14/h9-11H,3-8H2,1-2H3,(H,13,14). The Hall–Kier alpha value is -0.570. The molecule has 1 N–H and O–H groups in total. The molecule has 0 spiro atoms. The Morgan fingerprint density at radius 1 is 1.47 bits per heavy atom. The largest absolute Gasteiger partial charge is 0.481 e. The number of carbonyl (C=O) groups is 1. The van der Waals surface area contributed by atoms with Crippen LogP contribution in [0.15, 0.2) is 0 Å². The molecule has 0 aromatic rings. The van der Waals surface area contributed by atoms with Crippen molar-refractivity contribution in [3.05, 3.63) is 0 Å². The number of hydrogen-bond donors (Lipinski definition) is 1. The summed E-state index contributed by atoms with van der Waals surface area (Å²) in [6.45, 7) is 2.90. The van der Waals surface area contributed by atoms with Gasteiger partial charge in [-0.2, -0.15) is 0 Å². The second-order valence-electron chi connectivity index (χ2n) is 4.65. The number of rotatable bonds is 5. The van der Waals surface area contributed by atoms with Gasteiger partial charge in [0.1, 0.15) is 0 Å². The fourth-order valence-electron chi connectivity index (χ4n) is 2.67. The van der Waals surface area contributed by atoms with Gasteiger partial charge in [0.25, 0.3) is 0 Å². The van der Waals surface area contributed by atoms with Crippen molar-refractivity contribution in [1.82, 2.24) is 0 Å². The molecular weight excluding hydrogens is 192 g/mol. The van der Waals surface area contributed by atoms with Gasteiger partial charge < -0.3 is 9.84 Å². The zero-order valence-electron chi connectivity index (χ0n) is 9.74. The lowest BCUT2D eigenvalue weighted by atomic mass is 9.72. The minimum absolute atomic E-state index is 0.120. The van der Waals surface area contributed by atoms with Crippen LogP contribution < -0.4 is 0 Å². The van der Waals surface area contributed by atoms with Crippen molar-refractivity contribution in [2.45, 2.75) is 39.0 Å². The van der Waals surface area contributed by atoms with Crippen LogP contribution in [0.1, 0.15) is 39.0 Å². The van der Waals surface area contributed by atoms with E-state index < -0.39 is 5.97 Å². The molecule has 0 aromatic heterocycles. The van der Waals surface area contributed by atoms with E-state index >= 15 is 0 Å². The monoisotopic (exact) mass is 214 g/mol. The lowest BCUT2D eigenvalue weighted by Gasteiger charge is -2.33. The Morgan fingerprint density at radius 3 is 2.73 bits per heavy atom. The summed E-state index contributed by atoms with van der Waals surface area (Å²) in [7, 11) is 1.70. The van der Waals surface area contributed by atoms with Crippen molar-refractivity contribution in [3.63, 3.8) is 0 Å². The van der Waals surface area contributed by atoms with Crippen molar-refractivity contribution >= 4 is 5.97 Å². The van der Waals surface area contributed by atoms with Crippen LogP contribution in [-0.2, 0) is 9.53 Å². The number of hydrogen-bond acceptors (Lipinski definition) is 2. The minimum Gasteiger partial charge on any atom is -0.481 e. The first-order valence-electron chi connectivity index (χ1n) is 5.88. The predicted octanol–water partition coefficient (Wildman–Crippen LogP) is 2.55. The van der Waals surface area contributed by atoms with Crippen LogP contribution in [0.25, 0.3) is 0 Å². The van der Waals surface area contributed by atoms with E-state index in [9.17, 15) is 4.79 Å². The van der Waals surface area contributed by atoms with E-state index in [4.69, 9.17) is 9.84 Å². The molecule has 0 heterocycles. The SMILES string of the molecule is COCCC(C)C1CCCCC1C(=O)O. The first-order valence-corrected chi connectivity index (χ1v) is 5.88. The summed E-state index contributed by atoms with van der Waals surface area (Å²) in [6, 6.07) is 0. The van der Waals surface area contributed by atoms with Crippen molar-refractivity contribution in [1.29, 1.82) is 0 Å². The molecule has 3 heteroatoms. The highest BCUT2D eigenvalue weighted by Crippen LogP contribution is 2.36. The molecule has 1 fully saturated rings. The van der Waals surface area contributed by atoms with Gasteiger partial charge in [0.05, 0.1) is 5.92 Å². The Balaban J connectivity index is 2.51. The molecule has 88 valence electrons. The van der Waals surface area contributed by atoms with Crippen molar-refractivity contribution in [3.8, 4) is 0 Å². The summed E-state index contributed by atoms with van der Waals surface area (Å²) >= 11 is 0. The quantitative estimate of drug-likeness (QED) is 0.765. The van der Waals surface area contributed by atoms with Gasteiger partial charge in [-0.15, -0.1) is 0 Å². The molecule has 0 aliphatic heterocycles. The Labute approximate surface area is 91.8 Å². The number of carboxylic acid groups (broad SMARTS) is 1. The van der Waals surface area contributed by atoms with Gasteiger partial charge in [0, 0.05) is 13.7 Å². The molecular formula is C12H22O3. The van der Waals surface area contributed by atoms with Crippen LogP contribution in [0.3, 0.4) is 0 Å². The molecule has 1 aliphatic carbocycles. The molecule has 3 atom stereocenters. The van der Waals surface area contributed by atoms with Crippen molar-refractivity contribution < 1.29 is 14.6 Å². The highest BCUT2D eigenvalue weighted by molar-refractivity contribution is 5.70. The zero-order chi connectivity index (χ0) is 11.3. The topological polar surface area (TPSA) is 46.5 Å². The fourth-order valence-corrected chi connectivity index (χ4v) is 2.67. The summed E-state index contributed by atoms with van der Waals surface area (Å²) in [4.78, 5) is 11.1. The maximum Gasteiger partial charge on any atom is 0.306 e. The number of aliphatic carboxylic acids is 1. The van der Waals surface area contributed by atoms with Gasteiger partial charge in [-0.1, -0.05) is 19.8 Å². The van der Waals surface area contributed by atoms with E-state index in [1.165, 1.54) is 6.42 Å². The van der Waals surface area contributed by atoms with Crippen molar-refractivity contribution in [2.24, 2.45) is 17.8 Å². The van der Waals surface area contributed by atoms with Gasteiger partial charge in [-0.25, -0.2) is 0 Å². The Kier molecular flexibility index (Phi) is 5.09. The number of carboxylic acids is 1. The van der Waals surface area contributed by atoms with E-state index in [1.54, 1.807) is 7.11 Å². The van der Waals surface area contributed by atoms with E-state index in [-0.39, 0.29) is 5.92 Å². The summed E-state index contributed by atoms with van der Waals surface area (Å²) in [5.74, 6) is 0.0901. The molecule has 0 saturated heterocycles. The zero-order valence-corrected chi connectivity index (χ0v) is 9.74. The third-order valence-electron chi connectivity index (χ3n) is 3.64. The fraction of sp³-hybridized carbons (Fsp3) is 0.917. The molecule has 1 rings (SSSR count). The first-order chi connectivity index (χ1) is 7.16. The Morgan fingerprint density at radius 2 is 2.13 bits per heavy atom. The summed E-state index contributed by atoms with van der Waals surface area (Å²) in [5, 5.41) is 9.15. The average Bonchev–Trinajstić information content (AvgIpc) is 2.25. The van der Waals surface area contributed by atoms with Crippen LogP contribution in [0.5, 0.6) is 0 Å². The molecule has 1 aliphatic rings. The summed E-state index contributed by atoms with van der Waals surface area (Å²) < 4.78 is 5.05. The molecule has 1 saturated carbocycles.